The van der Waals surface area contributed by atoms with Gasteiger partial charge >= 0.3 is 0 Å². The Bertz CT molecular complexity index is 361. The Morgan fingerprint density at radius 1 is 1.43 bits per heavy atom. The van der Waals surface area contributed by atoms with Crippen LogP contribution < -0.4 is 5.73 Å². The average Bonchev–Trinajstić information content (AvgIpc) is 2.13. The Balaban J connectivity index is 3.18. The molecule has 0 spiro atoms. The first-order valence-corrected chi connectivity index (χ1v) is 5.36. The molecular formula is C11H14BrNO. The fraction of sp³-hybridized carbons (Fsp3) is 0.364. The topological polar surface area (TPSA) is 43.1 Å². The number of nitrogens with two attached hydrogens (primary N) is 1. The van der Waals surface area contributed by atoms with Gasteiger partial charge in [-0.2, -0.15) is 0 Å². The average molecular weight is 256 g/mol. The third-order valence-corrected chi connectivity index (χ3v) is 3.12. The maximum atomic E-state index is 11.7. The Morgan fingerprint density at radius 2 is 2.07 bits per heavy atom. The summed E-state index contributed by atoms with van der Waals surface area (Å²) in [4.78, 5) is 11.7. The molecule has 0 aliphatic rings. The largest absolute Gasteiger partial charge is 0.330 e. The monoisotopic (exact) mass is 255 g/mol. The van der Waals surface area contributed by atoms with Gasteiger partial charge in [0.1, 0.15) is 0 Å². The second-order valence-corrected chi connectivity index (χ2v) is 4.18. The number of ketones is 1. The number of benzene rings is 1. The third kappa shape index (κ3) is 2.22. The lowest BCUT2D eigenvalue weighted by Gasteiger charge is -2.09. The molecule has 0 saturated heterocycles. The summed E-state index contributed by atoms with van der Waals surface area (Å²) in [7, 11) is 0. The van der Waals surface area contributed by atoms with E-state index in [1.54, 1.807) is 0 Å². The molecule has 0 unspecified atom stereocenters. The molecule has 0 aliphatic heterocycles. The first-order valence-electron chi connectivity index (χ1n) is 4.57. The van der Waals surface area contributed by atoms with Crippen molar-refractivity contribution in [1.29, 1.82) is 0 Å². The predicted octanol–water partition coefficient (Wildman–Crippen LogP) is 2.60. The summed E-state index contributed by atoms with van der Waals surface area (Å²) in [6.07, 6.45) is 0.415. The van der Waals surface area contributed by atoms with Gasteiger partial charge in [-0.25, -0.2) is 0 Å². The van der Waals surface area contributed by atoms with Crippen LogP contribution in [0.25, 0.3) is 0 Å². The van der Waals surface area contributed by atoms with Gasteiger partial charge in [0.15, 0.2) is 5.78 Å². The quantitative estimate of drug-likeness (QED) is 0.844. The molecule has 0 bridgehead atoms. The van der Waals surface area contributed by atoms with Gasteiger partial charge in [-0.1, -0.05) is 22.0 Å². The van der Waals surface area contributed by atoms with Crippen LogP contribution in [0.5, 0.6) is 0 Å². The van der Waals surface area contributed by atoms with E-state index in [0.717, 1.165) is 21.2 Å². The van der Waals surface area contributed by atoms with Crippen LogP contribution in [0, 0.1) is 13.8 Å². The van der Waals surface area contributed by atoms with Crippen LogP contribution in [0.15, 0.2) is 16.6 Å². The zero-order valence-corrected chi connectivity index (χ0v) is 10.0. The van der Waals surface area contributed by atoms with Crippen LogP contribution in [0.2, 0.25) is 0 Å². The highest BCUT2D eigenvalue weighted by molar-refractivity contribution is 9.10. The van der Waals surface area contributed by atoms with E-state index in [4.69, 9.17) is 5.73 Å². The minimum absolute atomic E-state index is 0.129. The molecular weight excluding hydrogens is 242 g/mol. The van der Waals surface area contributed by atoms with Gasteiger partial charge in [-0.05, 0) is 37.6 Å². The van der Waals surface area contributed by atoms with Gasteiger partial charge in [-0.15, -0.1) is 0 Å². The molecule has 0 aromatic heterocycles. The fourth-order valence-electron chi connectivity index (χ4n) is 1.51. The van der Waals surface area contributed by atoms with E-state index in [0.29, 0.717) is 13.0 Å². The molecule has 0 heterocycles. The summed E-state index contributed by atoms with van der Waals surface area (Å²) >= 11 is 3.42. The van der Waals surface area contributed by atoms with Gasteiger partial charge in [-0.3, -0.25) is 4.79 Å². The minimum atomic E-state index is 0.129. The van der Waals surface area contributed by atoms with Gasteiger partial charge < -0.3 is 5.73 Å². The van der Waals surface area contributed by atoms with Gasteiger partial charge in [0.05, 0.1) is 0 Å². The van der Waals surface area contributed by atoms with E-state index in [-0.39, 0.29) is 5.78 Å². The number of rotatable bonds is 3. The molecule has 2 nitrogen and oxygen atoms in total. The lowest BCUT2D eigenvalue weighted by atomic mass is 9.97. The molecule has 0 atom stereocenters. The van der Waals surface area contributed by atoms with E-state index in [1.807, 2.05) is 26.0 Å². The summed E-state index contributed by atoms with van der Waals surface area (Å²) in [6, 6.07) is 3.91. The van der Waals surface area contributed by atoms with Crippen LogP contribution in [-0.4, -0.2) is 12.3 Å². The third-order valence-electron chi connectivity index (χ3n) is 2.26. The molecule has 1 aromatic rings. The highest BCUT2D eigenvalue weighted by Crippen LogP contribution is 2.23. The van der Waals surface area contributed by atoms with Crippen LogP contribution in [0.3, 0.4) is 0 Å². The van der Waals surface area contributed by atoms with Crippen molar-refractivity contribution >= 4 is 21.7 Å². The van der Waals surface area contributed by atoms with E-state index in [9.17, 15) is 4.79 Å². The van der Waals surface area contributed by atoms with E-state index < -0.39 is 0 Å². The van der Waals surface area contributed by atoms with Crippen molar-refractivity contribution in [3.05, 3.63) is 33.3 Å². The van der Waals surface area contributed by atoms with Crippen LogP contribution in [-0.2, 0) is 0 Å². The highest BCUT2D eigenvalue weighted by atomic mass is 79.9. The van der Waals surface area contributed by atoms with Crippen LogP contribution >= 0.6 is 15.9 Å². The smallest absolute Gasteiger partial charge is 0.164 e. The summed E-state index contributed by atoms with van der Waals surface area (Å²) in [5.41, 5.74) is 8.20. The molecule has 1 aromatic carbocycles. The van der Waals surface area contributed by atoms with Crippen molar-refractivity contribution in [2.75, 3.05) is 6.54 Å². The number of aryl methyl sites for hydroxylation is 1. The summed E-state index contributed by atoms with van der Waals surface area (Å²) in [5, 5.41) is 0. The molecule has 2 N–H and O–H groups in total. The molecule has 0 radical (unpaired) electrons. The Hall–Kier alpha value is -0.670. The molecule has 0 aliphatic carbocycles. The molecule has 0 fully saturated rings. The number of halogens is 1. The first-order chi connectivity index (χ1) is 6.57. The number of carbonyl (C=O) groups excluding carboxylic acids is 1. The van der Waals surface area contributed by atoms with Crippen molar-refractivity contribution in [3.63, 3.8) is 0 Å². The standard InChI is InChI=1S/C11H14BrNO/c1-7-3-4-9(12)8(2)11(7)10(14)5-6-13/h3-4H,5-6,13H2,1-2H3. The number of carbonyl (C=O) groups is 1. The SMILES string of the molecule is Cc1ccc(Br)c(C)c1C(=O)CCN. The van der Waals surface area contributed by atoms with Crippen LogP contribution in [0.4, 0.5) is 0 Å². The summed E-state index contributed by atoms with van der Waals surface area (Å²) in [5.74, 6) is 0.129. The summed E-state index contributed by atoms with van der Waals surface area (Å²) in [6.45, 7) is 4.30. The van der Waals surface area contributed by atoms with E-state index >= 15 is 0 Å². The lowest BCUT2D eigenvalue weighted by molar-refractivity contribution is 0.0984. The van der Waals surface area contributed by atoms with Gasteiger partial charge in [0.25, 0.3) is 0 Å². The number of hydrogen-bond donors (Lipinski definition) is 1. The minimum Gasteiger partial charge on any atom is -0.330 e. The zero-order valence-electron chi connectivity index (χ0n) is 8.43. The maximum absolute atomic E-state index is 11.7. The van der Waals surface area contributed by atoms with Gasteiger partial charge in [0.2, 0.25) is 0 Å². The Labute approximate surface area is 92.6 Å². The lowest BCUT2D eigenvalue weighted by Crippen LogP contribution is -2.11. The van der Waals surface area contributed by atoms with Crippen molar-refractivity contribution in [3.8, 4) is 0 Å². The zero-order chi connectivity index (χ0) is 10.7. The second-order valence-electron chi connectivity index (χ2n) is 3.33. The van der Waals surface area contributed by atoms with E-state index in [2.05, 4.69) is 15.9 Å². The fourth-order valence-corrected chi connectivity index (χ4v) is 1.84. The predicted molar refractivity (Wildman–Crippen MR) is 61.6 cm³/mol. The molecule has 76 valence electrons. The molecule has 0 saturated carbocycles. The van der Waals surface area contributed by atoms with Gasteiger partial charge in [0, 0.05) is 16.5 Å². The molecule has 14 heavy (non-hydrogen) atoms. The molecule has 0 amide bonds. The van der Waals surface area contributed by atoms with E-state index in [1.165, 1.54) is 0 Å². The molecule has 3 heteroatoms. The number of Topliss-reactive ketones (excluding diaryl/α,β-unsaturated/α-hetero) is 1. The van der Waals surface area contributed by atoms with Crippen molar-refractivity contribution in [2.24, 2.45) is 5.73 Å². The van der Waals surface area contributed by atoms with Crippen molar-refractivity contribution in [2.45, 2.75) is 20.3 Å². The van der Waals surface area contributed by atoms with Crippen molar-refractivity contribution in [1.82, 2.24) is 0 Å². The van der Waals surface area contributed by atoms with Crippen molar-refractivity contribution < 1.29 is 4.79 Å². The second kappa shape index (κ2) is 4.71. The Kier molecular flexibility index (Phi) is 3.84. The maximum Gasteiger partial charge on any atom is 0.164 e. The highest BCUT2D eigenvalue weighted by Gasteiger charge is 2.12. The first kappa shape index (κ1) is 11.4. The van der Waals surface area contributed by atoms with Crippen LogP contribution in [0.1, 0.15) is 27.9 Å². The summed E-state index contributed by atoms with van der Waals surface area (Å²) < 4.78 is 0.975. The number of hydrogen-bond acceptors (Lipinski definition) is 2. The normalized spacial score (nSPS) is 10.3. The molecule has 1 rings (SSSR count). The Morgan fingerprint density at radius 3 is 2.64 bits per heavy atom.